The van der Waals surface area contributed by atoms with Gasteiger partial charge in [0.15, 0.2) is 0 Å². The number of carbonyl (C=O) groups excluding carboxylic acids is 1. The van der Waals surface area contributed by atoms with Crippen molar-refractivity contribution in [2.75, 3.05) is 50.4 Å². The molecule has 8 nitrogen and oxygen atoms in total. The number of hydrogen-bond donors (Lipinski definition) is 0. The molecule has 0 radical (unpaired) electrons. The van der Waals surface area contributed by atoms with Gasteiger partial charge in [0, 0.05) is 50.9 Å². The Morgan fingerprint density at radius 1 is 1.20 bits per heavy atom. The molecule has 2 saturated heterocycles. The first-order valence-electron chi connectivity index (χ1n) is 9.99. The summed E-state index contributed by atoms with van der Waals surface area (Å²) in [6, 6.07) is 4.42. The molecule has 4 rings (SSSR count). The first-order valence-corrected chi connectivity index (χ1v) is 12.7. The Labute approximate surface area is 180 Å². The monoisotopic (exact) mass is 447 g/mol. The van der Waals surface area contributed by atoms with E-state index in [1.54, 1.807) is 22.4 Å². The molecule has 10 heteroatoms. The second kappa shape index (κ2) is 7.80. The molecule has 0 aromatic carbocycles. The van der Waals surface area contributed by atoms with Gasteiger partial charge in [0.2, 0.25) is 10.0 Å². The molecule has 0 saturated carbocycles. The Balaban J connectivity index is 1.63. The van der Waals surface area contributed by atoms with Crippen molar-refractivity contribution < 1.29 is 13.2 Å². The third-order valence-electron chi connectivity index (χ3n) is 6.14. The number of pyridine rings is 1. The highest BCUT2D eigenvalue weighted by molar-refractivity contribution is 7.88. The maximum absolute atomic E-state index is 13.4. The van der Waals surface area contributed by atoms with E-state index in [1.165, 1.54) is 10.6 Å². The minimum Gasteiger partial charge on any atom is -0.370 e. The third kappa shape index (κ3) is 3.89. The summed E-state index contributed by atoms with van der Waals surface area (Å²) in [7, 11) is -3.25. The van der Waals surface area contributed by atoms with Gasteiger partial charge in [-0.25, -0.2) is 13.4 Å². The summed E-state index contributed by atoms with van der Waals surface area (Å²) >= 11 is 1.54. The number of aromatic nitrogens is 1. The summed E-state index contributed by atoms with van der Waals surface area (Å²) in [5.41, 5.74) is 1.11. The molecule has 160 valence electrons. The molecule has 0 unspecified atom stereocenters. The predicted molar refractivity (Wildman–Crippen MR) is 117 cm³/mol. The number of carbonyl (C=O) groups is 1. The number of rotatable bonds is 3. The topological polar surface area (TPSA) is 97.6 Å². The van der Waals surface area contributed by atoms with E-state index in [0.29, 0.717) is 44.8 Å². The molecule has 4 heterocycles. The van der Waals surface area contributed by atoms with Crippen LogP contribution in [0.25, 0.3) is 10.2 Å². The SMILES string of the molecule is CC1(C#N)CCN(c2c(C(=O)N3CCN(S(C)(=O)=O)CC3)cnc3sccc23)CC1. The minimum absolute atomic E-state index is 0.118. The number of fused-ring (bicyclic) bond motifs is 1. The van der Waals surface area contributed by atoms with Crippen molar-refractivity contribution in [1.29, 1.82) is 5.26 Å². The van der Waals surface area contributed by atoms with E-state index in [4.69, 9.17) is 0 Å². The minimum atomic E-state index is -3.25. The number of thiophene rings is 1. The van der Waals surface area contributed by atoms with E-state index in [-0.39, 0.29) is 11.3 Å². The van der Waals surface area contributed by atoms with Gasteiger partial charge >= 0.3 is 0 Å². The Morgan fingerprint density at radius 3 is 2.47 bits per heavy atom. The standard InChI is InChI=1S/C20H25N5O3S2/c1-20(14-21)4-6-23(7-5-20)17-15-3-12-29-18(15)22-13-16(17)19(26)24-8-10-25(11-9-24)30(2,27)28/h3,12-13H,4-11H2,1-2H3. The second-order valence-corrected chi connectivity index (χ2v) is 11.2. The molecule has 2 aliphatic rings. The van der Waals surface area contributed by atoms with Gasteiger partial charge in [-0.15, -0.1) is 11.3 Å². The molecular weight excluding hydrogens is 422 g/mol. The smallest absolute Gasteiger partial charge is 0.257 e. The average Bonchev–Trinajstić information content (AvgIpc) is 3.22. The third-order valence-corrected chi connectivity index (χ3v) is 8.27. The molecule has 0 aliphatic carbocycles. The highest BCUT2D eigenvalue weighted by Gasteiger charge is 2.34. The molecule has 0 spiro atoms. The molecular formula is C20H25N5O3S2. The Morgan fingerprint density at radius 2 is 1.87 bits per heavy atom. The molecule has 2 aromatic heterocycles. The number of nitrogens with zero attached hydrogens (tertiary/aromatic N) is 5. The van der Waals surface area contributed by atoms with Gasteiger partial charge in [-0.1, -0.05) is 0 Å². The molecule has 2 aromatic rings. The predicted octanol–water partition coefficient (Wildman–Crippen LogP) is 2.14. The second-order valence-electron chi connectivity index (χ2n) is 8.27. The summed E-state index contributed by atoms with van der Waals surface area (Å²) in [5.74, 6) is -0.118. The van der Waals surface area contributed by atoms with E-state index in [2.05, 4.69) is 16.0 Å². The molecule has 0 N–H and O–H groups in total. The molecule has 0 atom stereocenters. The number of piperazine rings is 1. The van der Waals surface area contributed by atoms with Gasteiger partial charge in [-0.3, -0.25) is 4.79 Å². The lowest BCUT2D eigenvalue weighted by molar-refractivity contribution is 0.0698. The summed E-state index contributed by atoms with van der Waals surface area (Å²) in [6.45, 7) is 4.74. The van der Waals surface area contributed by atoms with Crippen LogP contribution in [-0.4, -0.2) is 74.0 Å². The molecule has 0 bridgehead atoms. The van der Waals surface area contributed by atoms with Crippen LogP contribution in [0.5, 0.6) is 0 Å². The van der Waals surface area contributed by atoms with Crippen LogP contribution in [0.4, 0.5) is 5.69 Å². The van der Waals surface area contributed by atoms with Crippen molar-refractivity contribution in [2.45, 2.75) is 19.8 Å². The van der Waals surface area contributed by atoms with Crippen LogP contribution in [0.1, 0.15) is 30.1 Å². The van der Waals surface area contributed by atoms with Crippen LogP contribution < -0.4 is 4.90 Å². The van der Waals surface area contributed by atoms with E-state index in [9.17, 15) is 18.5 Å². The Kier molecular flexibility index (Phi) is 5.46. The van der Waals surface area contributed by atoms with Crippen molar-refractivity contribution in [3.8, 4) is 6.07 Å². The van der Waals surface area contributed by atoms with Gasteiger partial charge in [0.05, 0.1) is 29.0 Å². The lowest BCUT2D eigenvalue weighted by Crippen LogP contribution is -2.50. The van der Waals surface area contributed by atoms with Gasteiger partial charge in [-0.2, -0.15) is 9.57 Å². The van der Waals surface area contributed by atoms with Crippen molar-refractivity contribution in [3.05, 3.63) is 23.2 Å². The van der Waals surface area contributed by atoms with E-state index in [0.717, 1.165) is 28.7 Å². The highest BCUT2D eigenvalue weighted by Crippen LogP contribution is 2.38. The number of sulfonamides is 1. The summed E-state index contributed by atoms with van der Waals surface area (Å²) in [6.07, 6.45) is 4.34. The maximum atomic E-state index is 13.4. The summed E-state index contributed by atoms with van der Waals surface area (Å²) in [4.78, 5) is 22.7. The van der Waals surface area contributed by atoms with Crippen LogP contribution in [0.2, 0.25) is 0 Å². The lowest BCUT2D eigenvalue weighted by atomic mass is 9.81. The fourth-order valence-electron chi connectivity index (χ4n) is 4.14. The zero-order valence-electron chi connectivity index (χ0n) is 17.2. The summed E-state index contributed by atoms with van der Waals surface area (Å²) < 4.78 is 25.0. The van der Waals surface area contributed by atoms with Crippen LogP contribution in [0.3, 0.4) is 0 Å². The van der Waals surface area contributed by atoms with Crippen LogP contribution in [0.15, 0.2) is 17.6 Å². The fourth-order valence-corrected chi connectivity index (χ4v) is 5.70. The fraction of sp³-hybridized carbons (Fsp3) is 0.550. The van der Waals surface area contributed by atoms with Crippen molar-refractivity contribution in [3.63, 3.8) is 0 Å². The van der Waals surface area contributed by atoms with Gasteiger partial charge in [0.25, 0.3) is 5.91 Å². The maximum Gasteiger partial charge on any atom is 0.257 e. The van der Waals surface area contributed by atoms with Gasteiger partial charge in [0.1, 0.15) is 4.83 Å². The molecule has 2 fully saturated rings. The number of piperidine rings is 1. The van der Waals surface area contributed by atoms with Gasteiger partial charge in [-0.05, 0) is 31.2 Å². The average molecular weight is 448 g/mol. The normalized spacial score (nSPS) is 20.3. The molecule has 2 aliphatic heterocycles. The number of amides is 1. The zero-order valence-corrected chi connectivity index (χ0v) is 18.8. The largest absolute Gasteiger partial charge is 0.370 e. The Bertz CT molecular complexity index is 1110. The van der Waals surface area contributed by atoms with Crippen LogP contribution in [0, 0.1) is 16.7 Å². The zero-order chi connectivity index (χ0) is 21.5. The number of hydrogen-bond acceptors (Lipinski definition) is 7. The van der Waals surface area contributed by atoms with Crippen molar-refractivity contribution in [2.24, 2.45) is 5.41 Å². The number of nitriles is 1. The molecule has 30 heavy (non-hydrogen) atoms. The van der Waals surface area contributed by atoms with Crippen molar-refractivity contribution in [1.82, 2.24) is 14.2 Å². The Hall–Kier alpha value is -2.22. The van der Waals surface area contributed by atoms with E-state index < -0.39 is 10.0 Å². The highest BCUT2D eigenvalue weighted by atomic mass is 32.2. The molecule has 1 amide bonds. The van der Waals surface area contributed by atoms with Gasteiger partial charge < -0.3 is 9.80 Å². The van der Waals surface area contributed by atoms with E-state index in [1.807, 2.05) is 18.4 Å². The first kappa shape index (κ1) is 21.0. The lowest BCUT2D eigenvalue weighted by Gasteiger charge is -2.38. The van der Waals surface area contributed by atoms with Crippen molar-refractivity contribution >= 4 is 43.2 Å². The quantitative estimate of drug-likeness (QED) is 0.715. The van der Waals surface area contributed by atoms with Crippen LogP contribution >= 0.6 is 11.3 Å². The number of anilines is 1. The first-order chi connectivity index (χ1) is 14.2. The summed E-state index contributed by atoms with van der Waals surface area (Å²) in [5, 5.41) is 12.4. The van der Waals surface area contributed by atoms with Crippen LogP contribution in [-0.2, 0) is 10.0 Å². The van der Waals surface area contributed by atoms with E-state index >= 15 is 0 Å².